The average molecular weight is 292 g/mol. The fraction of sp³-hybridized carbons (Fsp3) is 0.250. The number of nitrogens with one attached hydrogen (secondary N) is 1. The third-order valence-corrected chi connectivity index (χ3v) is 3.39. The topological polar surface area (TPSA) is 30.5 Å². The van der Waals surface area contributed by atoms with Gasteiger partial charge in [0.15, 0.2) is 0 Å². The Morgan fingerprint density at radius 2 is 1.85 bits per heavy atom. The summed E-state index contributed by atoms with van der Waals surface area (Å²) in [5.74, 6) is 1.62. The zero-order chi connectivity index (χ0) is 14.5. The molecule has 0 aliphatic carbocycles. The minimum Gasteiger partial charge on any atom is -0.497 e. The quantitative estimate of drug-likeness (QED) is 0.892. The number of halogens is 1. The minimum atomic E-state index is 0.614. The Hall–Kier alpha value is -1.87. The van der Waals surface area contributed by atoms with Gasteiger partial charge >= 0.3 is 0 Å². The number of anilines is 1. The number of ether oxygens (including phenoxy) is 2. The van der Waals surface area contributed by atoms with Crippen LogP contribution in [-0.2, 0) is 6.54 Å². The number of benzene rings is 2. The molecule has 0 amide bonds. The molecule has 0 saturated heterocycles. The summed E-state index contributed by atoms with van der Waals surface area (Å²) in [6.45, 7) is 2.63. The summed E-state index contributed by atoms with van der Waals surface area (Å²) < 4.78 is 10.6. The van der Waals surface area contributed by atoms with Gasteiger partial charge < -0.3 is 14.8 Å². The predicted octanol–water partition coefficient (Wildman–Crippen LogP) is 4.28. The van der Waals surface area contributed by atoms with Crippen LogP contribution < -0.4 is 14.8 Å². The van der Waals surface area contributed by atoms with E-state index < -0.39 is 0 Å². The van der Waals surface area contributed by atoms with E-state index in [0.717, 1.165) is 28.3 Å². The van der Waals surface area contributed by atoms with Crippen molar-refractivity contribution >= 4 is 17.3 Å². The first kappa shape index (κ1) is 14.5. The molecular weight excluding hydrogens is 274 g/mol. The molecular formula is C16H18ClNO2. The van der Waals surface area contributed by atoms with Crippen LogP contribution in [0.3, 0.4) is 0 Å². The normalized spacial score (nSPS) is 10.2. The molecule has 0 radical (unpaired) electrons. The predicted molar refractivity (Wildman–Crippen MR) is 83.1 cm³/mol. The van der Waals surface area contributed by atoms with E-state index in [1.807, 2.05) is 43.3 Å². The molecule has 0 atom stereocenters. The monoisotopic (exact) mass is 291 g/mol. The van der Waals surface area contributed by atoms with Gasteiger partial charge in [0, 0.05) is 12.1 Å². The van der Waals surface area contributed by atoms with Crippen molar-refractivity contribution in [2.45, 2.75) is 13.5 Å². The Labute approximate surface area is 124 Å². The second-order valence-electron chi connectivity index (χ2n) is 4.51. The molecule has 2 aromatic rings. The Morgan fingerprint density at radius 3 is 2.50 bits per heavy atom. The highest BCUT2D eigenvalue weighted by atomic mass is 35.5. The molecule has 2 rings (SSSR count). The first-order valence-electron chi connectivity index (χ1n) is 6.35. The summed E-state index contributed by atoms with van der Waals surface area (Å²) in [6.07, 6.45) is 0. The highest BCUT2D eigenvalue weighted by Gasteiger charge is 2.06. The molecule has 0 spiro atoms. The van der Waals surface area contributed by atoms with E-state index in [0.29, 0.717) is 11.6 Å². The van der Waals surface area contributed by atoms with Crippen LogP contribution in [-0.4, -0.2) is 14.2 Å². The van der Waals surface area contributed by atoms with Crippen molar-refractivity contribution in [3.8, 4) is 11.5 Å². The molecule has 0 unspecified atom stereocenters. The van der Waals surface area contributed by atoms with E-state index in [-0.39, 0.29) is 0 Å². The van der Waals surface area contributed by atoms with Crippen molar-refractivity contribution in [3.63, 3.8) is 0 Å². The van der Waals surface area contributed by atoms with E-state index >= 15 is 0 Å². The van der Waals surface area contributed by atoms with Gasteiger partial charge in [-0.25, -0.2) is 0 Å². The molecule has 20 heavy (non-hydrogen) atoms. The molecule has 2 aromatic carbocycles. The molecule has 0 aromatic heterocycles. The second kappa shape index (κ2) is 6.53. The van der Waals surface area contributed by atoms with Crippen LogP contribution in [0.4, 0.5) is 5.69 Å². The largest absolute Gasteiger partial charge is 0.497 e. The maximum absolute atomic E-state index is 6.21. The van der Waals surface area contributed by atoms with Gasteiger partial charge in [-0.15, -0.1) is 0 Å². The molecule has 3 nitrogen and oxygen atoms in total. The van der Waals surface area contributed by atoms with Crippen LogP contribution in [0.2, 0.25) is 5.02 Å². The third-order valence-electron chi connectivity index (χ3n) is 3.08. The molecule has 0 heterocycles. The third kappa shape index (κ3) is 3.36. The number of rotatable bonds is 5. The molecule has 1 N–H and O–H groups in total. The number of methoxy groups -OCH3 is 2. The summed E-state index contributed by atoms with van der Waals surface area (Å²) >= 11 is 6.21. The van der Waals surface area contributed by atoms with Gasteiger partial charge in [0.05, 0.1) is 24.9 Å². The van der Waals surface area contributed by atoms with Gasteiger partial charge in [-0.1, -0.05) is 17.7 Å². The number of hydrogen-bond donors (Lipinski definition) is 1. The van der Waals surface area contributed by atoms with Crippen molar-refractivity contribution < 1.29 is 9.47 Å². The van der Waals surface area contributed by atoms with E-state index in [1.165, 1.54) is 0 Å². The summed E-state index contributed by atoms with van der Waals surface area (Å²) in [7, 11) is 3.31. The zero-order valence-electron chi connectivity index (χ0n) is 11.9. The fourth-order valence-electron chi connectivity index (χ4n) is 1.97. The molecule has 4 heteroatoms. The summed E-state index contributed by atoms with van der Waals surface area (Å²) in [6, 6.07) is 11.7. The maximum Gasteiger partial charge on any atom is 0.124 e. The lowest BCUT2D eigenvalue weighted by molar-refractivity contribution is 0.399. The van der Waals surface area contributed by atoms with Gasteiger partial charge in [-0.05, 0) is 42.8 Å². The van der Waals surface area contributed by atoms with E-state index in [4.69, 9.17) is 21.1 Å². The van der Waals surface area contributed by atoms with Gasteiger partial charge in [-0.3, -0.25) is 0 Å². The number of aryl methyl sites for hydroxylation is 1. The SMILES string of the molecule is COc1ccc(OC)c(CNc2ccc(C)cc2Cl)c1. The van der Waals surface area contributed by atoms with Gasteiger partial charge in [-0.2, -0.15) is 0 Å². The van der Waals surface area contributed by atoms with Crippen LogP contribution in [0.5, 0.6) is 11.5 Å². The van der Waals surface area contributed by atoms with Crippen molar-refractivity contribution in [3.05, 3.63) is 52.5 Å². The van der Waals surface area contributed by atoms with E-state index in [1.54, 1.807) is 14.2 Å². The van der Waals surface area contributed by atoms with Crippen molar-refractivity contribution in [1.29, 1.82) is 0 Å². The second-order valence-corrected chi connectivity index (χ2v) is 4.92. The van der Waals surface area contributed by atoms with Crippen LogP contribution in [0.25, 0.3) is 0 Å². The van der Waals surface area contributed by atoms with Gasteiger partial charge in [0.1, 0.15) is 11.5 Å². The van der Waals surface area contributed by atoms with Crippen LogP contribution in [0, 0.1) is 6.92 Å². The van der Waals surface area contributed by atoms with Crippen molar-refractivity contribution in [2.75, 3.05) is 19.5 Å². The fourth-order valence-corrected chi connectivity index (χ4v) is 2.28. The number of hydrogen-bond acceptors (Lipinski definition) is 3. The molecule has 0 saturated carbocycles. The Kier molecular flexibility index (Phi) is 4.74. The molecule has 0 aliphatic rings. The molecule has 106 valence electrons. The van der Waals surface area contributed by atoms with Gasteiger partial charge in [0.2, 0.25) is 0 Å². The van der Waals surface area contributed by atoms with Gasteiger partial charge in [0.25, 0.3) is 0 Å². The molecule has 0 aliphatic heterocycles. The van der Waals surface area contributed by atoms with E-state index in [9.17, 15) is 0 Å². The molecule has 0 fully saturated rings. The lowest BCUT2D eigenvalue weighted by atomic mass is 10.1. The lowest BCUT2D eigenvalue weighted by Crippen LogP contribution is -2.02. The Morgan fingerprint density at radius 1 is 1.05 bits per heavy atom. The highest BCUT2D eigenvalue weighted by molar-refractivity contribution is 6.33. The van der Waals surface area contributed by atoms with Crippen LogP contribution in [0.15, 0.2) is 36.4 Å². The summed E-state index contributed by atoms with van der Waals surface area (Å²) in [5, 5.41) is 4.03. The van der Waals surface area contributed by atoms with Crippen molar-refractivity contribution in [1.82, 2.24) is 0 Å². The summed E-state index contributed by atoms with van der Waals surface area (Å²) in [5.41, 5.74) is 3.06. The molecule has 0 bridgehead atoms. The standard InChI is InChI=1S/C16H18ClNO2/c1-11-4-6-15(14(17)8-11)18-10-12-9-13(19-2)5-7-16(12)20-3/h4-9,18H,10H2,1-3H3. The van der Waals surface area contributed by atoms with Crippen LogP contribution in [0.1, 0.15) is 11.1 Å². The minimum absolute atomic E-state index is 0.614. The maximum atomic E-state index is 6.21. The summed E-state index contributed by atoms with van der Waals surface area (Å²) in [4.78, 5) is 0. The zero-order valence-corrected chi connectivity index (χ0v) is 12.6. The first-order chi connectivity index (χ1) is 9.63. The van der Waals surface area contributed by atoms with Crippen LogP contribution >= 0.6 is 11.6 Å². The Bertz CT molecular complexity index is 599. The highest BCUT2D eigenvalue weighted by Crippen LogP contribution is 2.27. The van der Waals surface area contributed by atoms with Crippen molar-refractivity contribution in [2.24, 2.45) is 0 Å². The first-order valence-corrected chi connectivity index (χ1v) is 6.72. The lowest BCUT2D eigenvalue weighted by Gasteiger charge is -2.13. The van der Waals surface area contributed by atoms with E-state index in [2.05, 4.69) is 5.32 Å². The smallest absolute Gasteiger partial charge is 0.124 e. The Balaban J connectivity index is 2.17. The average Bonchev–Trinajstić information content (AvgIpc) is 2.46.